The van der Waals surface area contributed by atoms with Crippen LogP contribution < -0.4 is 4.74 Å². The molecule has 0 aliphatic heterocycles. The molecule has 0 aliphatic rings. The van der Waals surface area contributed by atoms with E-state index in [1.165, 1.54) is 6.92 Å². The van der Waals surface area contributed by atoms with E-state index in [1.54, 1.807) is 0 Å². The molecular formula is C10H7F6NO3. The van der Waals surface area contributed by atoms with Crippen LogP contribution in [0.3, 0.4) is 0 Å². The Bertz CT molecular complexity index is 497. The minimum atomic E-state index is -5.75. The van der Waals surface area contributed by atoms with Gasteiger partial charge >= 0.3 is 18.3 Å². The lowest BCUT2D eigenvalue weighted by Crippen LogP contribution is -2.47. The van der Waals surface area contributed by atoms with E-state index in [0.717, 1.165) is 12.3 Å². The van der Waals surface area contributed by atoms with Gasteiger partial charge in [-0.15, -0.1) is 0 Å². The lowest BCUT2D eigenvalue weighted by atomic mass is 10.1. The predicted molar refractivity (Wildman–Crippen MR) is 52.5 cm³/mol. The number of hydrogen-bond donors (Lipinski definition) is 1. The number of pyridine rings is 1. The second kappa shape index (κ2) is 5.17. The van der Waals surface area contributed by atoms with Crippen LogP contribution in [0, 0.1) is 6.92 Å². The number of aromatic nitrogens is 1. The number of alkyl halides is 6. The number of aryl methyl sites for hydroxylation is 1. The Kier molecular flexibility index (Phi) is 4.15. The Morgan fingerprint density at radius 2 is 1.75 bits per heavy atom. The third-order valence-corrected chi connectivity index (χ3v) is 2.16. The molecule has 0 saturated carbocycles. The summed E-state index contributed by atoms with van der Waals surface area (Å²) in [6.07, 6.45) is -14.8. The van der Waals surface area contributed by atoms with Gasteiger partial charge in [0.2, 0.25) is 5.88 Å². The van der Waals surface area contributed by atoms with Crippen LogP contribution >= 0.6 is 0 Å². The van der Waals surface area contributed by atoms with Crippen molar-refractivity contribution >= 4 is 5.97 Å². The van der Waals surface area contributed by atoms with Gasteiger partial charge in [0.25, 0.3) is 6.10 Å². The minimum absolute atomic E-state index is 0.0781. The zero-order valence-corrected chi connectivity index (χ0v) is 9.71. The zero-order chi connectivity index (χ0) is 15.7. The molecule has 0 aromatic carbocycles. The quantitative estimate of drug-likeness (QED) is 0.872. The Morgan fingerprint density at radius 3 is 2.15 bits per heavy atom. The lowest BCUT2D eigenvalue weighted by Gasteiger charge is -2.24. The molecule has 0 bridgehead atoms. The van der Waals surface area contributed by atoms with Crippen molar-refractivity contribution in [3.63, 3.8) is 0 Å². The van der Waals surface area contributed by atoms with Crippen molar-refractivity contribution in [2.75, 3.05) is 0 Å². The van der Waals surface area contributed by atoms with Gasteiger partial charge in [-0.25, -0.2) is 9.78 Å². The summed E-state index contributed by atoms with van der Waals surface area (Å²) in [6.45, 7) is 1.19. The van der Waals surface area contributed by atoms with Gasteiger partial charge in [0.1, 0.15) is 5.56 Å². The monoisotopic (exact) mass is 303 g/mol. The summed E-state index contributed by atoms with van der Waals surface area (Å²) in [4.78, 5) is 14.0. The molecule has 0 saturated heterocycles. The van der Waals surface area contributed by atoms with Crippen molar-refractivity contribution in [3.8, 4) is 5.88 Å². The van der Waals surface area contributed by atoms with E-state index < -0.39 is 35.9 Å². The highest BCUT2D eigenvalue weighted by Crippen LogP contribution is 2.37. The van der Waals surface area contributed by atoms with E-state index in [2.05, 4.69) is 9.72 Å². The fourth-order valence-corrected chi connectivity index (χ4v) is 1.31. The van der Waals surface area contributed by atoms with Gasteiger partial charge in [-0.2, -0.15) is 26.3 Å². The van der Waals surface area contributed by atoms with Crippen LogP contribution in [0.4, 0.5) is 26.3 Å². The summed E-state index contributed by atoms with van der Waals surface area (Å²) in [5.74, 6) is -2.98. The number of carbonyl (C=O) groups is 1. The predicted octanol–water partition coefficient (Wildman–Crippen LogP) is 2.96. The van der Waals surface area contributed by atoms with E-state index in [4.69, 9.17) is 5.11 Å². The summed E-state index contributed by atoms with van der Waals surface area (Å²) in [5, 5.41) is 8.78. The van der Waals surface area contributed by atoms with Crippen LogP contribution in [0.5, 0.6) is 5.88 Å². The number of ether oxygens (including phenoxy) is 1. The van der Waals surface area contributed by atoms with Gasteiger partial charge in [-0.3, -0.25) is 0 Å². The molecule has 0 atom stereocenters. The van der Waals surface area contributed by atoms with Crippen LogP contribution in [-0.4, -0.2) is 34.5 Å². The van der Waals surface area contributed by atoms with Crippen molar-refractivity contribution in [2.24, 2.45) is 0 Å². The first-order chi connectivity index (χ1) is 8.94. The minimum Gasteiger partial charge on any atom is -0.477 e. The van der Waals surface area contributed by atoms with E-state index >= 15 is 0 Å². The van der Waals surface area contributed by atoms with E-state index in [1.807, 2.05) is 0 Å². The van der Waals surface area contributed by atoms with Gasteiger partial charge in [-0.1, -0.05) is 0 Å². The van der Waals surface area contributed by atoms with Crippen molar-refractivity contribution in [2.45, 2.75) is 25.4 Å². The second-order valence-electron chi connectivity index (χ2n) is 3.69. The molecule has 0 aliphatic carbocycles. The summed E-state index contributed by atoms with van der Waals surface area (Å²) in [7, 11) is 0. The van der Waals surface area contributed by atoms with Gasteiger partial charge in [0.15, 0.2) is 0 Å². The highest BCUT2D eigenvalue weighted by Gasteiger charge is 2.59. The highest BCUT2D eigenvalue weighted by atomic mass is 19.4. The number of hydrogen-bond acceptors (Lipinski definition) is 3. The standard InChI is InChI=1S/C10H7F6NO3/c1-4-2-3-17-6(5(4)7(18)19)20-8(9(11,12)13)10(14,15)16/h2-3,8H,1H3,(H,18,19). The number of nitrogens with zero attached hydrogens (tertiary/aromatic N) is 1. The molecular weight excluding hydrogens is 296 g/mol. The van der Waals surface area contributed by atoms with Gasteiger partial charge < -0.3 is 9.84 Å². The third kappa shape index (κ3) is 3.52. The highest BCUT2D eigenvalue weighted by molar-refractivity contribution is 5.91. The first kappa shape index (κ1) is 16.1. The Hall–Kier alpha value is -2.00. The number of rotatable bonds is 3. The van der Waals surface area contributed by atoms with E-state index in [0.29, 0.717) is 0 Å². The SMILES string of the molecule is Cc1ccnc(OC(C(F)(F)F)C(F)(F)F)c1C(=O)O. The molecule has 1 heterocycles. The van der Waals surface area contributed by atoms with Gasteiger partial charge in [0.05, 0.1) is 0 Å². The number of carboxylic acids is 1. The van der Waals surface area contributed by atoms with Crippen LogP contribution in [0.1, 0.15) is 15.9 Å². The maximum Gasteiger partial charge on any atom is 0.434 e. The van der Waals surface area contributed by atoms with Crippen LogP contribution in [0.2, 0.25) is 0 Å². The molecule has 0 radical (unpaired) electrons. The molecule has 112 valence electrons. The van der Waals surface area contributed by atoms with Crippen molar-refractivity contribution < 1.29 is 41.0 Å². The van der Waals surface area contributed by atoms with Crippen molar-refractivity contribution in [1.29, 1.82) is 0 Å². The lowest BCUT2D eigenvalue weighted by molar-refractivity contribution is -0.300. The fraction of sp³-hybridized carbons (Fsp3) is 0.400. The smallest absolute Gasteiger partial charge is 0.434 e. The molecule has 4 nitrogen and oxygen atoms in total. The summed E-state index contributed by atoms with van der Waals surface area (Å²) in [6, 6.07) is 1.12. The van der Waals surface area contributed by atoms with Gasteiger partial charge in [0, 0.05) is 6.20 Å². The maximum atomic E-state index is 12.3. The number of carboxylic acid groups (broad SMARTS) is 1. The number of halogens is 6. The first-order valence-electron chi connectivity index (χ1n) is 4.93. The molecule has 10 heteroatoms. The summed E-state index contributed by atoms with van der Waals surface area (Å²) in [5.41, 5.74) is -0.934. The molecule has 1 N–H and O–H groups in total. The van der Waals surface area contributed by atoms with Gasteiger partial charge in [-0.05, 0) is 18.6 Å². The molecule has 1 aromatic rings. The maximum absolute atomic E-state index is 12.3. The summed E-state index contributed by atoms with van der Waals surface area (Å²) < 4.78 is 77.7. The number of aromatic carboxylic acids is 1. The third-order valence-electron chi connectivity index (χ3n) is 2.16. The molecule has 0 unspecified atom stereocenters. The fourth-order valence-electron chi connectivity index (χ4n) is 1.31. The normalized spacial score (nSPS) is 12.6. The second-order valence-corrected chi connectivity index (χ2v) is 3.69. The van der Waals surface area contributed by atoms with Crippen molar-refractivity contribution in [3.05, 3.63) is 23.4 Å². The molecule has 1 rings (SSSR count). The largest absolute Gasteiger partial charge is 0.477 e. The Morgan fingerprint density at radius 1 is 1.25 bits per heavy atom. The van der Waals surface area contributed by atoms with Crippen LogP contribution in [0.25, 0.3) is 0 Å². The topological polar surface area (TPSA) is 59.4 Å². The van der Waals surface area contributed by atoms with Crippen molar-refractivity contribution in [1.82, 2.24) is 4.98 Å². The van der Waals surface area contributed by atoms with E-state index in [9.17, 15) is 31.1 Å². The zero-order valence-electron chi connectivity index (χ0n) is 9.71. The van der Waals surface area contributed by atoms with E-state index in [-0.39, 0.29) is 5.56 Å². The molecule has 0 amide bonds. The van der Waals surface area contributed by atoms with Crippen LogP contribution in [-0.2, 0) is 0 Å². The average molecular weight is 303 g/mol. The Balaban J connectivity index is 3.26. The molecule has 1 aromatic heterocycles. The molecule has 20 heavy (non-hydrogen) atoms. The molecule has 0 spiro atoms. The van der Waals surface area contributed by atoms with Crippen LogP contribution in [0.15, 0.2) is 12.3 Å². The Labute approximate surface area is 108 Å². The molecule has 0 fully saturated rings. The first-order valence-corrected chi connectivity index (χ1v) is 4.93. The average Bonchev–Trinajstić information content (AvgIpc) is 2.22. The summed E-state index contributed by atoms with van der Waals surface area (Å²) >= 11 is 0.